The number of ether oxygens (including phenoxy) is 2. The molecule has 0 fully saturated rings. The Labute approximate surface area is 180 Å². The van der Waals surface area contributed by atoms with Crippen LogP contribution in [-0.2, 0) is 9.53 Å². The minimum Gasteiger partial charge on any atom is -0.503 e. The van der Waals surface area contributed by atoms with Gasteiger partial charge in [0.05, 0.1) is 47.0 Å². The Morgan fingerprint density at radius 1 is 1.27 bits per heavy atom. The monoisotopic (exact) mass is 430 g/mol. The minimum atomic E-state index is -0.714. The number of amides is 1. The molecule has 160 valence electrons. The highest BCUT2D eigenvalue weighted by molar-refractivity contribution is 7.14. The molecule has 1 aliphatic rings. The molecule has 3 rings (SSSR count). The van der Waals surface area contributed by atoms with E-state index in [9.17, 15) is 14.7 Å². The van der Waals surface area contributed by atoms with E-state index in [1.54, 1.807) is 38.3 Å². The molecular weight excluding hydrogens is 404 g/mol. The van der Waals surface area contributed by atoms with Crippen LogP contribution >= 0.6 is 11.3 Å². The minimum absolute atomic E-state index is 0.00705. The molecule has 0 saturated heterocycles. The second-order valence-electron chi connectivity index (χ2n) is 7.33. The molecule has 1 atom stereocenters. The quantitative estimate of drug-likeness (QED) is 0.642. The maximum Gasteiger partial charge on any atom is 0.290 e. The van der Waals surface area contributed by atoms with Gasteiger partial charge in [0, 0.05) is 6.54 Å². The first kappa shape index (κ1) is 22.0. The molecule has 1 unspecified atom stereocenters. The van der Waals surface area contributed by atoms with Crippen molar-refractivity contribution in [2.75, 3.05) is 20.3 Å². The molecule has 1 aromatic carbocycles. The Hall–Kier alpha value is -2.71. The number of thiazole rings is 1. The lowest BCUT2D eigenvalue weighted by molar-refractivity contribution is -0.130. The first-order valence-corrected chi connectivity index (χ1v) is 10.5. The zero-order valence-corrected chi connectivity index (χ0v) is 18.6. The van der Waals surface area contributed by atoms with E-state index in [4.69, 9.17) is 9.47 Å². The van der Waals surface area contributed by atoms with Crippen molar-refractivity contribution in [2.24, 2.45) is 0 Å². The van der Waals surface area contributed by atoms with E-state index in [1.165, 1.54) is 16.2 Å². The highest BCUT2D eigenvalue weighted by Gasteiger charge is 2.44. The highest BCUT2D eigenvalue weighted by atomic mass is 32.1. The number of aliphatic hydroxyl groups excluding tert-OH is 1. The molecule has 7 nitrogen and oxygen atoms in total. The molecule has 1 amide bonds. The lowest BCUT2D eigenvalue weighted by atomic mass is 9.95. The topological polar surface area (TPSA) is 89.0 Å². The third-order valence-corrected chi connectivity index (χ3v) is 5.94. The van der Waals surface area contributed by atoms with Gasteiger partial charge in [-0.25, -0.2) is 4.98 Å². The van der Waals surface area contributed by atoms with Crippen molar-refractivity contribution in [3.63, 3.8) is 0 Å². The molecule has 1 aliphatic heterocycles. The van der Waals surface area contributed by atoms with Gasteiger partial charge in [0.15, 0.2) is 5.76 Å². The summed E-state index contributed by atoms with van der Waals surface area (Å²) in [6.45, 7) is 7.93. The number of hydrogen-bond acceptors (Lipinski definition) is 7. The summed E-state index contributed by atoms with van der Waals surface area (Å²) in [6, 6.07) is 6.41. The largest absolute Gasteiger partial charge is 0.503 e. The average molecular weight is 431 g/mol. The van der Waals surface area contributed by atoms with Crippen LogP contribution in [0.3, 0.4) is 0 Å². The lowest BCUT2D eigenvalue weighted by Gasteiger charge is -2.27. The van der Waals surface area contributed by atoms with Gasteiger partial charge in [0.25, 0.3) is 5.91 Å². The third-order valence-electron chi connectivity index (χ3n) is 4.87. The number of rotatable bonds is 8. The number of ketones is 1. The normalized spacial score (nSPS) is 16.7. The van der Waals surface area contributed by atoms with Crippen molar-refractivity contribution in [3.05, 3.63) is 56.7 Å². The van der Waals surface area contributed by atoms with Gasteiger partial charge in [-0.2, -0.15) is 0 Å². The maximum atomic E-state index is 13.4. The van der Waals surface area contributed by atoms with Gasteiger partial charge < -0.3 is 19.5 Å². The average Bonchev–Trinajstić information content (AvgIpc) is 3.18. The van der Waals surface area contributed by atoms with E-state index in [0.717, 1.165) is 5.01 Å². The number of aryl methyl sites for hydroxylation is 2. The van der Waals surface area contributed by atoms with E-state index >= 15 is 0 Å². The van der Waals surface area contributed by atoms with Gasteiger partial charge >= 0.3 is 0 Å². The van der Waals surface area contributed by atoms with E-state index in [1.807, 2.05) is 20.8 Å². The predicted octanol–water partition coefficient (Wildman–Crippen LogP) is 3.77. The molecule has 2 heterocycles. The molecule has 1 aromatic heterocycles. The second-order valence-corrected chi connectivity index (χ2v) is 8.54. The Kier molecular flexibility index (Phi) is 6.58. The predicted molar refractivity (Wildman–Crippen MR) is 114 cm³/mol. The first-order chi connectivity index (χ1) is 14.2. The van der Waals surface area contributed by atoms with Crippen molar-refractivity contribution < 1.29 is 24.2 Å². The number of benzene rings is 1. The summed E-state index contributed by atoms with van der Waals surface area (Å²) < 4.78 is 10.8. The number of aromatic nitrogens is 1. The van der Waals surface area contributed by atoms with Crippen molar-refractivity contribution >= 4 is 23.0 Å². The molecule has 2 aromatic rings. The first-order valence-electron chi connectivity index (χ1n) is 9.73. The Balaban J connectivity index is 2.03. The van der Waals surface area contributed by atoms with Crippen LogP contribution in [0.1, 0.15) is 45.8 Å². The summed E-state index contributed by atoms with van der Waals surface area (Å²) in [6.07, 6.45) is 0.00705. The fraction of sp³-hybridized carbons (Fsp3) is 0.409. The molecule has 0 bridgehead atoms. The van der Waals surface area contributed by atoms with Crippen LogP contribution in [0.25, 0.3) is 0 Å². The van der Waals surface area contributed by atoms with Gasteiger partial charge in [-0.15, -0.1) is 11.3 Å². The summed E-state index contributed by atoms with van der Waals surface area (Å²) in [5, 5.41) is 11.4. The summed E-state index contributed by atoms with van der Waals surface area (Å²) >= 11 is 1.26. The van der Waals surface area contributed by atoms with E-state index in [0.29, 0.717) is 28.5 Å². The van der Waals surface area contributed by atoms with E-state index < -0.39 is 17.7 Å². The van der Waals surface area contributed by atoms with Crippen LogP contribution in [0.15, 0.2) is 35.6 Å². The Morgan fingerprint density at radius 2 is 1.93 bits per heavy atom. The number of aliphatic hydroxyl groups is 1. The van der Waals surface area contributed by atoms with Gasteiger partial charge in [0.2, 0.25) is 5.78 Å². The lowest BCUT2D eigenvalue weighted by Crippen LogP contribution is -2.34. The molecule has 0 spiro atoms. The molecule has 1 N–H and O–H groups in total. The van der Waals surface area contributed by atoms with Crippen molar-refractivity contribution in [1.82, 2.24) is 9.88 Å². The number of carbonyl (C=O) groups excluding carboxylic acids is 2. The number of hydrogen-bond donors (Lipinski definition) is 1. The van der Waals surface area contributed by atoms with Crippen molar-refractivity contribution in [1.29, 1.82) is 0 Å². The molecular formula is C22H26N2O5S. The summed E-state index contributed by atoms with van der Waals surface area (Å²) in [5.74, 6) is -0.814. The molecule has 0 aliphatic carbocycles. The van der Waals surface area contributed by atoms with Crippen LogP contribution in [0, 0.1) is 13.8 Å². The van der Waals surface area contributed by atoms with Crippen LogP contribution in [0.2, 0.25) is 0 Å². The number of methoxy groups -OCH3 is 1. The van der Waals surface area contributed by atoms with E-state index in [-0.39, 0.29) is 24.0 Å². The highest BCUT2D eigenvalue weighted by Crippen LogP contribution is 2.40. The van der Waals surface area contributed by atoms with Crippen LogP contribution in [-0.4, -0.2) is 53.0 Å². The number of nitrogens with zero attached hydrogens (tertiary/aromatic N) is 2. The van der Waals surface area contributed by atoms with Gasteiger partial charge in [-0.3, -0.25) is 9.59 Å². The zero-order chi connectivity index (χ0) is 22.0. The molecule has 0 saturated carbocycles. The Morgan fingerprint density at radius 3 is 2.47 bits per heavy atom. The summed E-state index contributed by atoms with van der Waals surface area (Å²) in [4.78, 5) is 32.5. The second kappa shape index (κ2) is 8.97. The maximum absolute atomic E-state index is 13.4. The SMILES string of the molecule is COc1ccc(C2C(C(=O)c3sc(C)nc3C)=C(O)C(=O)N2CCOC(C)C)cc1. The van der Waals surface area contributed by atoms with Gasteiger partial charge in [-0.05, 0) is 45.4 Å². The fourth-order valence-corrected chi connectivity index (χ4v) is 4.37. The van der Waals surface area contributed by atoms with Crippen LogP contribution in [0.5, 0.6) is 5.75 Å². The number of carbonyl (C=O) groups is 2. The van der Waals surface area contributed by atoms with Crippen molar-refractivity contribution in [3.8, 4) is 5.75 Å². The zero-order valence-electron chi connectivity index (χ0n) is 17.8. The smallest absolute Gasteiger partial charge is 0.290 e. The van der Waals surface area contributed by atoms with Crippen LogP contribution < -0.4 is 4.74 Å². The van der Waals surface area contributed by atoms with Gasteiger partial charge in [-0.1, -0.05) is 12.1 Å². The van der Waals surface area contributed by atoms with Gasteiger partial charge in [0.1, 0.15) is 5.75 Å². The van der Waals surface area contributed by atoms with Crippen LogP contribution in [0.4, 0.5) is 0 Å². The van der Waals surface area contributed by atoms with Crippen molar-refractivity contribution in [2.45, 2.75) is 39.8 Å². The standard InChI is InChI=1S/C22H26N2O5S/c1-12(2)29-11-10-24-18(15-6-8-16(28-5)9-7-15)17(20(26)22(24)27)19(25)21-13(3)23-14(4)30-21/h6-9,12,18,26H,10-11H2,1-5H3. The summed E-state index contributed by atoms with van der Waals surface area (Å²) in [5.41, 5.74) is 1.37. The number of Topliss-reactive ketones (excluding diaryl/α,β-unsaturated/α-hetero) is 1. The molecule has 0 radical (unpaired) electrons. The molecule has 8 heteroatoms. The summed E-state index contributed by atoms with van der Waals surface area (Å²) in [7, 11) is 1.57. The third kappa shape index (κ3) is 4.24. The van der Waals surface area contributed by atoms with E-state index in [2.05, 4.69) is 4.98 Å². The Bertz CT molecular complexity index is 978. The fourth-order valence-electron chi connectivity index (χ4n) is 3.50. The molecule has 30 heavy (non-hydrogen) atoms.